The molecule has 2 aromatic heterocycles. The standard InChI is InChI=1S/C15H18N2OS/c1-9-5-10(2)17-15(6-9)19-8-14(18)13-7-11(3)16-12(13)4/h5-7,16H,8H2,1-4H3. The molecule has 0 atom stereocenters. The van der Waals surface area contributed by atoms with Gasteiger partial charge < -0.3 is 4.98 Å². The van der Waals surface area contributed by atoms with Crippen molar-refractivity contribution >= 4 is 17.5 Å². The lowest BCUT2D eigenvalue weighted by atomic mass is 10.2. The Kier molecular flexibility index (Phi) is 4.10. The molecule has 0 unspecified atom stereocenters. The van der Waals surface area contributed by atoms with Crippen molar-refractivity contribution in [2.45, 2.75) is 32.7 Å². The van der Waals surface area contributed by atoms with Gasteiger partial charge in [-0.3, -0.25) is 4.79 Å². The molecule has 0 fully saturated rings. The van der Waals surface area contributed by atoms with E-state index in [-0.39, 0.29) is 5.78 Å². The van der Waals surface area contributed by atoms with Crippen molar-refractivity contribution in [3.05, 3.63) is 46.4 Å². The molecule has 2 rings (SSSR count). The summed E-state index contributed by atoms with van der Waals surface area (Å²) < 4.78 is 0. The van der Waals surface area contributed by atoms with Crippen LogP contribution >= 0.6 is 11.8 Å². The quantitative estimate of drug-likeness (QED) is 0.684. The maximum Gasteiger partial charge on any atom is 0.174 e. The van der Waals surface area contributed by atoms with Crippen LogP contribution in [0, 0.1) is 27.7 Å². The molecule has 0 amide bonds. The maximum atomic E-state index is 12.2. The highest BCUT2D eigenvalue weighted by molar-refractivity contribution is 7.99. The van der Waals surface area contributed by atoms with Gasteiger partial charge >= 0.3 is 0 Å². The molecule has 0 radical (unpaired) electrons. The van der Waals surface area contributed by atoms with Gasteiger partial charge in [0.2, 0.25) is 0 Å². The van der Waals surface area contributed by atoms with Crippen LogP contribution in [0.1, 0.15) is 33.0 Å². The lowest BCUT2D eigenvalue weighted by Crippen LogP contribution is -2.03. The topological polar surface area (TPSA) is 45.8 Å². The second-order valence-electron chi connectivity index (χ2n) is 4.83. The zero-order valence-electron chi connectivity index (χ0n) is 11.7. The summed E-state index contributed by atoms with van der Waals surface area (Å²) in [5, 5.41) is 0.913. The van der Waals surface area contributed by atoms with Gasteiger partial charge in [-0.25, -0.2) is 4.98 Å². The summed E-state index contributed by atoms with van der Waals surface area (Å²) in [7, 11) is 0. The van der Waals surface area contributed by atoms with E-state index in [0.717, 1.165) is 27.7 Å². The molecule has 0 aliphatic heterocycles. The van der Waals surface area contributed by atoms with Crippen molar-refractivity contribution in [3.63, 3.8) is 0 Å². The zero-order valence-corrected chi connectivity index (χ0v) is 12.5. The highest BCUT2D eigenvalue weighted by Gasteiger charge is 2.12. The Morgan fingerprint density at radius 1 is 1.21 bits per heavy atom. The first-order chi connectivity index (χ1) is 8.95. The van der Waals surface area contributed by atoms with E-state index >= 15 is 0 Å². The van der Waals surface area contributed by atoms with E-state index in [9.17, 15) is 4.79 Å². The van der Waals surface area contributed by atoms with Gasteiger partial charge in [-0.2, -0.15) is 0 Å². The number of carbonyl (C=O) groups excluding carboxylic acids is 1. The van der Waals surface area contributed by atoms with E-state index in [4.69, 9.17) is 0 Å². The molecular weight excluding hydrogens is 256 g/mol. The molecule has 0 saturated heterocycles. The molecule has 4 heteroatoms. The largest absolute Gasteiger partial charge is 0.362 e. The summed E-state index contributed by atoms with van der Waals surface area (Å²) in [6, 6.07) is 5.96. The maximum absolute atomic E-state index is 12.2. The molecule has 0 aliphatic carbocycles. The van der Waals surface area contributed by atoms with Gasteiger partial charge in [0, 0.05) is 22.6 Å². The normalized spacial score (nSPS) is 10.7. The highest BCUT2D eigenvalue weighted by atomic mass is 32.2. The van der Waals surface area contributed by atoms with Crippen molar-refractivity contribution in [1.82, 2.24) is 9.97 Å². The van der Waals surface area contributed by atoms with Crippen LogP contribution in [0.4, 0.5) is 0 Å². The van der Waals surface area contributed by atoms with E-state index in [1.165, 1.54) is 17.3 Å². The zero-order chi connectivity index (χ0) is 14.0. The predicted molar refractivity (Wildman–Crippen MR) is 79.0 cm³/mol. The van der Waals surface area contributed by atoms with Crippen LogP contribution in [0.15, 0.2) is 23.2 Å². The van der Waals surface area contributed by atoms with Crippen molar-refractivity contribution in [2.24, 2.45) is 0 Å². The van der Waals surface area contributed by atoms with Crippen LogP contribution in [0.5, 0.6) is 0 Å². The number of ketones is 1. The van der Waals surface area contributed by atoms with Crippen LogP contribution in [0.25, 0.3) is 0 Å². The number of aryl methyl sites for hydroxylation is 4. The number of thioether (sulfide) groups is 1. The summed E-state index contributed by atoms with van der Waals surface area (Å²) in [6.07, 6.45) is 0. The molecule has 0 aromatic carbocycles. The van der Waals surface area contributed by atoms with Crippen LogP contribution in [-0.4, -0.2) is 21.5 Å². The number of hydrogen-bond acceptors (Lipinski definition) is 3. The van der Waals surface area contributed by atoms with E-state index in [0.29, 0.717) is 5.75 Å². The molecule has 19 heavy (non-hydrogen) atoms. The number of Topliss-reactive ketones (excluding diaryl/α,β-unsaturated/α-hetero) is 1. The van der Waals surface area contributed by atoms with Gasteiger partial charge in [-0.15, -0.1) is 0 Å². The first-order valence-electron chi connectivity index (χ1n) is 6.23. The monoisotopic (exact) mass is 274 g/mol. The minimum absolute atomic E-state index is 0.146. The number of H-pyrrole nitrogens is 1. The average Bonchev–Trinajstić information content (AvgIpc) is 2.64. The second-order valence-corrected chi connectivity index (χ2v) is 5.82. The SMILES string of the molecule is Cc1cc(C)nc(SCC(=O)c2cc(C)[nH]c2C)c1. The third kappa shape index (κ3) is 3.47. The van der Waals surface area contributed by atoms with Crippen LogP contribution < -0.4 is 0 Å². The minimum atomic E-state index is 0.146. The van der Waals surface area contributed by atoms with Gasteiger partial charge in [0.05, 0.1) is 10.8 Å². The van der Waals surface area contributed by atoms with Crippen molar-refractivity contribution in [1.29, 1.82) is 0 Å². The molecule has 100 valence electrons. The molecule has 0 bridgehead atoms. The van der Waals surface area contributed by atoms with E-state index < -0.39 is 0 Å². The average molecular weight is 274 g/mol. The fourth-order valence-electron chi connectivity index (χ4n) is 2.11. The lowest BCUT2D eigenvalue weighted by molar-refractivity contribution is 0.102. The third-order valence-corrected chi connectivity index (χ3v) is 3.79. The Labute approximate surface area is 117 Å². The Balaban J connectivity index is 2.06. The van der Waals surface area contributed by atoms with Crippen LogP contribution in [0.2, 0.25) is 0 Å². The van der Waals surface area contributed by atoms with Crippen LogP contribution in [-0.2, 0) is 0 Å². The Bertz CT molecular complexity index is 596. The van der Waals surface area contributed by atoms with E-state index in [2.05, 4.69) is 9.97 Å². The van der Waals surface area contributed by atoms with Crippen LogP contribution in [0.3, 0.4) is 0 Å². The Hall–Kier alpha value is -1.55. The predicted octanol–water partition coefficient (Wildman–Crippen LogP) is 3.62. The first kappa shape index (κ1) is 13.9. The summed E-state index contributed by atoms with van der Waals surface area (Å²) >= 11 is 1.50. The Morgan fingerprint density at radius 2 is 1.95 bits per heavy atom. The first-order valence-corrected chi connectivity index (χ1v) is 7.22. The Morgan fingerprint density at radius 3 is 2.53 bits per heavy atom. The number of carbonyl (C=O) groups is 1. The molecule has 1 N–H and O–H groups in total. The molecule has 3 nitrogen and oxygen atoms in total. The fraction of sp³-hybridized carbons (Fsp3) is 0.333. The smallest absolute Gasteiger partial charge is 0.174 e. The number of nitrogens with one attached hydrogen (secondary N) is 1. The summed E-state index contributed by atoms with van der Waals surface area (Å²) in [4.78, 5) is 19.7. The highest BCUT2D eigenvalue weighted by Crippen LogP contribution is 2.20. The number of hydrogen-bond donors (Lipinski definition) is 1. The van der Waals surface area contributed by atoms with E-state index in [1.807, 2.05) is 45.9 Å². The van der Waals surface area contributed by atoms with Gasteiger partial charge in [-0.1, -0.05) is 11.8 Å². The molecular formula is C15H18N2OS. The molecule has 2 heterocycles. The molecule has 2 aromatic rings. The van der Waals surface area contributed by atoms with Gasteiger partial charge in [0.15, 0.2) is 5.78 Å². The number of pyridine rings is 1. The second kappa shape index (κ2) is 5.61. The van der Waals surface area contributed by atoms with Gasteiger partial charge in [0.1, 0.15) is 0 Å². The van der Waals surface area contributed by atoms with Crippen molar-refractivity contribution in [3.8, 4) is 0 Å². The van der Waals surface area contributed by atoms with Gasteiger partial charge in [0.25, 0.3) is 0 Å². The number of nitrogens with zero attached hydrogens (tertiary/aromatic N) is 1. The van der Waals surface area contributed by atoms with E-state index in [1.54, 1.807) is 0 Å². The van der Waals surface area contributed by atoms with Crippen molar-refractivity contribution in [2.75, 3.05) is 5.75 Å². The fourth-order valence-corrected chi connectivity index (χ4v) is 3.02. The lowest BCUT2D eigenvalue weighted by Gasteiger charge is -2.03. The molecule has 0 aliphatic rings. The van der Waals surface area contributed by atoms with Gasteiger partial charge in [-0.05, 0) is 51.5 Å². The molecule has 0 spiro atoms. The summed E-state index contributed by atoms with van der Waals surface area (Å²) in [5.74, 6) is 0.571. The number of aromatic amines is 1. The molecule has 0 saturated carbocycles. The summed E-state index contributed by atoms with van der Waals surface area (Å²) in [6.45, 7) is 7.90. The third-order valence-electron chi connectivity index (χ3n) is 2.88. The number of aromatic nitrogens is 2. The minimum Gasteiger partial charge on any atom is -0.362 e. The summed E-state index contributed by atoms with van der Waals surface area (Å²) in [5.41, 5.74) is 4.92. The number of rotatable bonds is 4. The van der Waals surface area contributed by atoms with Crippen molar-refractivity contribution < 1.29 is 4.79 Å².